The first-order chi connectivity index (χ1) is 9.95. The zero-order valence-electron chi connectivity index (χ0n) is 12.6. The van der Waals surface area contributed by atoms with Crippen molar-refractivity contribution < 1.29 is 14.4 Å². The minimum Gasteiger partial charge on any atom is -0.277 e. The van der Waals surface area contributed by atoms with Gasteiger partial charge in [-0.25, -0.2) is 4.79 Å². The average Bonchev–Trinajstić information content (AvgIpc) is 2.40. The van der Waals surface area contributed by atoms with Gasteiger partial charge >= 0.3 is 6.03 Å². The lowest BCUT2D eigenvalue weighted by molar-refractivity contribution is -0.140. The van der Waals surface area contributed by atoms with Crippen LogP contribution in [-0.4, -0.2) is 28.8 Å². The molecule has 0 saturated carbocycles. The van der Waals surface area contributed by atoms with Crippen LogP contribution in [-0.2, 0) is 9.59 Å². The Morgan fingerprint density at radius 1 is 1.19 bits per heavy atom. The van der Waals surface area contributed by atoms with Crippen LogP contribution >= 0.6 is 0 Å². The summed E-state index contributed by atoms with van der Waals surface area (Å²) in [6, 6.07) is 6.39. The van der Waals surface area contributed by atoms with E-state index < -0.39 is 23.8 Å². The first-order valence-electron chi connectivity index (χ1n) is 7.20. The van der Waals surface area contributed by atoms with E-state index in [0.717, 1.165) is 12.0 Å². The van der Waals surface area contributed by atoms with Crippen LogP contribution in [0.1, 0.15) is 43.7 Å². The highest BCUT2D eigenvalue weighted by atomic mass is 16.2. The van der Waals surface area contributed by atoms with E-state index in [2.05, 4.69) is 5.32 Å². The van der Waals surface area contributed by atoms with Crippen molar-refractivity contribution in [3.8, 4) is 0 Å². The number of hydrogen-bond acceptors (Lipinski definition) is 3. The van der Waals surface area contributed by atoms with Gasteiger partial charge in [-0.2, -0.15) is 0 Å². The quantitative estimate of drug-likeness (QED) is 0.865. The summed E-state index contributed by atoms with van der Waals surface area (Å²) < 4.78 is 0. The Hall–Kier alpha value is -2.17. The summed E-state index contributed by atoms with van der Waals surface area (Å²) in [5.74, 6) is -1.93. The first kappa shape index (κ1) is 15.2. The van der Waals surface area contributed by atoms with Crippen molar-refractivity contribution in [1.29, 1.82) is 0 Å². The molecule has 1 aliphatic rings. The molecule has 5 nitrogen and oxygen atoms in total. The number of rotatable bonds is 4. The van der Waals surface area contributed by atoms with Crippen molar-refractivity contribution in [2.45, 2.75) is 45.6 Å². The highest BCUT2D eigenvalue weighted by Gasteiger charge is 2.42. The molecule has 1 N–H and O–H groups in total. The van der Waals surface area contributed by atoms with Crippen molar-refractivity contribution in [2.24, 2.45) is 0 Å². The molecule has 1 aromatic carbocycles. The molecule has 0 spiro atoms. The predicted octanol–water partition coefficient (Wildman–Crippen LogP) is 2.35. The molecule has 0 bridgehead atoms. The molecule has 4 amide bonds. The number of urea groups is 1. The van der Waals surface area contributed by atoms with E-state index in [1.807, 2.05) is 32.9 Å². The summed E-state index contributed by atoms with van der Waals surface area (Å²) in [5.41, 5.74) is 1.67. The van der Waals surface area contributed by atoms with Crippen LogP contribution in [0.3, 0.4) is 0 Å². The lowest BCUT2D eigenvalue weighted by Gasteiger charge is -2.34. The van der Waals surface area contributed by atoms with Gasteiger partial charge in [-0.05, 0) is 25.8 Å². The number of hydrogen-bond donors (Lipinski definition) is 1. The Labute approximate surface area is 124 Å². The molecular weight excluding hydrogens is 268 g/mol. The van der Waals surface area contributed by atoms with Crippen molar-refractivity contribution in [1.82, 2.24) is 10.2 Å². The fourth-order valence-corrected chi connectivity index (χ4v) is 2.61. The number of carbonyl (C=O) groups is 3. The summed E-state index contributed by atoms with van der Waals surface area (Å²) in [6.07, 6.45) is 1.58. The summed E-state index contributed by atoms with van der Waals surface area (Å²) >= 11 is 0. The second-order valence-electron chi connectivity index (χ2n) is 5.48. The molecule has 1 aromatic rings. The van der Waals surface area contributed by atoms with E-state index >= 15 is 0 Å². The SMILES string of the molecule is CCCC(C)N1C(=O)NC(=O)C(c2ccc(C)cc2)C1=O. The van der Waals surface area contributed by atoms with Crippen molar-refractivity contribution in [2.75, 3.05) is 0 Å². The minimum absolute atomic E-state index is 0.219. The molecule has 2 unspecified atom stereocenters. The fraction of sp³-hybridized carbons (Fsp3) is 0.438. The molecule has 0 aliphatic carbocycles. The van der Waals surface area contributed by atoms with Crippen molar-refractivity contribution in [3.63, 3.8) is 0 Å². The number of nitrogens with one attached hydrogen (secondary N) is 1. The molecular formula is C16H20N2O3. The monoisotopic (exact) mass is 288 g/mol. The zero-order chi connectivity index (χ0) is 15.6. The highest BCUT2D eigenvalue weighted by Crippen LogP contribution is 2.25. The predicted molar refractivity (Wildman–Crippen MR) is 78.7 cm³/mol. The van der Waals surface area contributed by atoms with E-state index in [0.29, 0.717) is 12.0 Å². The van der Waals surface area contributed by atoms with E-state index in [1.165, 1.54) is 4.90 Å². The van der Waals surface area contributed by atoms with Gasteiger partial charge in [0.25, 0.3) is 0 Å². The Bertz CT molecular complexity index is 565. The van der Waals surface area contributed by atoms with Gasteiger partial charge in [-0.3, -0.25) is 19.8 Å². The third-order valence-corrected chi connectivity index (χ3v) is 3.75. The lowest BCUT2D eigenvalue weighted by Crippen LogP contribution is -2.59. The highest BCUT2D eigenvalue weighted by molar-refractivity contribution is 6.19. The maximum Gasteiger partial charge on any atom is 0.331 e. The van der Waals surface area contributed by atoms with Gasteiger partial charge in [0.2, 0.25) is 11.8 Å². The zero-order valence-corrected chi connectivity index (χ0v) is 12.6. The third kappa shape index (κ3) is 2.96. The molecule has 0 aromatic heterocycles. The van der Waals surface area contributed by atoms with Crippen LogP contribution in [0.5, 0.6) is 0 Å². The molecule has 21 heavy (non-hydrogen) atoms. The van der Waals surface area contributed by atoms with Gasteiger partial charge in [0.1, 0.15) is 5.92 Å². The number of barbiturate groups is 1. The number of imide groups is 2. The van der Waals surface area contributed by atoms with Gasteiger partial charge < -0.3 is 0 Å². The van der Waals surface area contributed by atoms with Crippen molar-refractivity contribution in [3.05, 3.63) is 35.4 Å². The van der Waals surface area contributed by atoms with Crippen LogP contribution in [0.15, 0.2) is 24.3 Å². The molecule has 5 heteroatoms. The van der Waals surface area contributed by atoms with Crippen LogP contribution in [0, 0.1) is 6.92 Å². The Kier molecular flexibility index (Phi) is 4.40. The maximum atomic E-state index is 12.6. The molecule has 1 heterocycles. The smallest absolute Gasteiger partial charge is 0.277 e. The molecule has 2 rings (SSSR count). The normalized spacial score (nSPS) is 20.4. The van der Waals surface area contributed by atoms with E-state index in [4.69, 9.17) is 0 Å². The maximum absolute atomic E-state index is 12.6. The number of amides is 4. The van der Waals surface area contributed by atoms with Gasteiger partial charge in [0.15, 0.2) is 0 Å². The van der Waals surface area contributed by atoms with E-state index in [9.17, 15) is 14.4 Å². The Balaban J connectivity index is 2.32. The Morgan fingerprint density at radius 3 is 2.38 bits per heavy atom. The number of aryl methyl sites for hydroxylation is 1. The van der Waals surface area contributed by atoms with Gasteiger partial charge in [0.05, 0.1) is 0 Å². The number of carbonyl (C=O) groups excluding carboxylic acids is 3. The standard InChI is InChI=1S/C16H20N2O3/c1-4-5-11(3)18-15(20)13(14(19)17-16(18)21)12-8-6-10(2)7-9-12/h6-9,11,13H,4-5H2,1-3H3,(H,17,19,21). The van der Waals surface area contributed by atoms with Gasteiger partial charge in [-0.1, -0.05) is 43.2 Å². The molecule has 0 radical (unpaired) electrons. The minimum atomic E-state index is -0.942. The van der Waals surface area contributed by atoms with E-state index in [1.54, 1.807) is 12.1 Å². The Morgan fingerprint density at radius 2 is 1.81 bits per heavy atom. The van der Waals surface area contributed by atoms with Gasteiger partial charge in [-0.15, -0.1) is 0 Å². The summed E-state index contributed by atoms with van der Waals surface area (Å²) in [5, 5.41) is 2.29. The van der Waals surface area contributed by atoms with Crippen LogP contribution < -0.4 is 5.32 Å². The number of nitrogens with zero attached hydrogens (tertiary/aromatic N) is 1. The van der Waals surface area contributed by atoms with Crippen molar-refractivity contribution >= 4 is 17.8 Å². The first-order valence-corrected chi connectivity index (χ1v) is 7.20. The molecule has 1 saturated heterocycles. The number of benzene rings is 1. The second-order valence-corrected chi connectivity index (χ2v) is 5.48. The molecule has 1 aliphatic heterocycles. The molecule has 1 fully saturated rings. The third-order valence-electron chi connectivity index (χ3n) is 3.75. The van der Waals surface area contributed by atoms with E-state index in [-0.39, 0.29) is 6.04 Å². The molecule has 2 atom stereocenters. The van der Waals surface area contributed by atoms with Crippen LogP contribution in [0.25, 0.3) is 0 Å². The largest absolute Gasteiger partial charge is 0.331 e. The summed E-state index contributed by atoms with van der Waals surface area (Å²) in [7, 11) is 0. The lowest BCUT2D eigenvalue weighted by atomic mass is 9.93. The summed E-state index contributed by atoms with van der Waals surface area (Å²) in [4.78, 5) is 37.8. The fourth-order valence-electron chi connectivity index (χ4n) is 2.61. The summed E-state index contributed by atoms with van der Waals surface area (Å²) in [6.45, 7) is 5.75. The topological polar surface area (TPSA) is 66.5 Å². The van der Waals surface area contributed by atoms with Crippen LogP contribution in [0.2, 0.25) is 0 Å². The molecule has 112 valence electrons. The van der Waals surface area contributed by atoms with Gasteiger partial charge in [0, 0.05) is 6.04 Å². The average molecular weight is 288 g/mol. The van der Waals surface area contributed by atoms with Crippen LogP contribution in [0.4, 0.5) is 4.79 Å². The second kappa shape index (κ2) is 6.08.